The SMILES string of the molecule is COc1ccc([C@H]2C(C#N)=C(SCC(=O)Nc3cccc(Cl)c3)NC3=C2C(=O)CC(C)(C)C3)cc1. The lowest BCUT2D eigenvalue weighted by Crippen LogP contribution is -2.37. The second-order valence-electron chi connectivity index (χ2n) is 9.37. The van der Waals surface area contributed by atoms with Crippen LogP contribution in [0.25, 0.3) is 0 Å². The Kier molecular flexibility index (Phi) is 7.25. The molecule has 1 atom stereocenters. The number of nitrogens with zero attached hydrogens (tertiary/aromatic N) is 1. The number of amides is 1. The highest BCUT2D eigenvalue weighted by Gasteiger charge is 2.42. The van der Waals surface area contributed by atoms with Crippen molar-refractivity contribution in [3.05, 3.63) is 81.0 Å². The summed E-state index contributed by atoms with van der Waals surface area (Å²) in [6, 6.07) is 16.7. The van der Waals surface area contributed by atoms with E-state index in [1.54, 1.807) is 31.4 Å². The van der Waals surface area contributed by atoms with E-state index >= 15 is 0 Å². The highest BCUT2D eigenvalue weighted by molar-refractivity contribution is 8.03. The summed E-state index contributed by atoms with van der Waals surface area (Å²) in [6.45, 7) is 4.13. The van der Waals surface area contributed by atoms with Crippen molar-refractivity contribution in [1.82, 2.24) is 5.32 Å². The minimum atomic E-state index is -0.496. The first-order chi connectivity index (χ1) is 16.7. The molecule has 0 saturated heterocycles. The molecule has 0 aromatic heterocycles. The normalized spacial score (nSPS) is 18.9. The third-order valence-electron chi connectivity index (χ3n) is 6.03. The number of dihydropyridines is 1. The molecule has 180 valence electrons. The summed E-state index contributed by atoms with van der Waals surface area (Å²) in [4.78, 5) is 25.9. The molecule has 0 radical (unpaired) electrons. The Balaban J connectivity index is 1.65. The smallest absolute Gasteiger partial charge is 0.234 e. The average Bonchev–Trinajstić information content (AvgIpc) is 2.81. The Bertz CT molecular complexity index is 1280. The maximum absolute atomic E-state index is 13.3. The number of hydrogen-bond donors (Lipinski definition) is 2. The number of ketones is 1. The van der Waals surface area contributed by atoms with Gasteiger partial charge in [-0.05, 0) is 47.7 Å². The van der Waals surface area contributed by atoms with Gasteiger partial charge in [-0.25, -0.2) is 0 Å². The van der Waals surface area contributed by atoms with Gasteiger partial charge >= 0.3 is 0 Å². The standard InChI is InChI=1S/C27H26ClN3O3S/c1-27(2)12-21-25(22(32)13-27)24(16-7-9-19(34-3)10-8-16)20(14-29)26(31-21)35-15-23(33)30-18-6-4-5-17(28)11-18/h4-11,24,31H,12-13,15H2,1-3H3,(H,30,33)/t24-/m0/s1. The number of methoxy groups -OCH3 is 1. The van der Waals surface area contributed by atoms with Gasteiger partial charge in [0, 0.05) is 28.4 Å². The number of ether oxygens (including phenoxy) is 1. The van der Waals surface area contributed by atoms with Crippen LogP contribution in [0.3, 0.4) is 0 Å². The maximum Gasteiger partial charge on any atom is 0.234 e. The number of thioether (sulfide) groups is 1. The fraction of sp³-hybridized carbons (Fsp3) is 0.296. The van der Waals surface area contributed by atoms with Crippen LogP contribution >= 0.6 is 23.4 Å². The third kappa shape index (κ3) is 5.55. The van der Waals surface area contributed by atoms with Crippen LogP contribution in [0.1, 0.15) is 38.2 Å². The summed E-state index contributed by atoms with van der Waals surface area (Å²) in [6.07, 6.45) is 1.10. The van der Waals surface area contributed by atoms with Gasteiger partial charge in [-0.3, -0.25) is 9.59 Å². The summed E-state index contributed by atoms with van der Waals surface area (Å²) in [5.41, 5.74) is 3.14. The van der Waals surface area contributed by atoms with Gasteiger partial charge < -0.3 is 15.4 Å². The molecule has 1 heterocycles. The minimum Gasteiger partial charge on any atom is -0.497 e. The molecule has 1 aliphatic carbocycles. The summed E-state index contributed by atoms with van der Waals surface area (Å²) in [7, 11) is 1.59. The molecule has 8 heteroatoms. The van der Waals surface area contributed by atoms with Gasteiger partial charge in [0.1, 0.15) is 5.75 Å². The van der Waals surface area contributed by atoms with E-state index < -0.39 is 5.92 Å². The van der Waals surface area contributed by atoms with Gasteiger partial charge in [0.2, 0.25) is 5.91 Å². The van der Waals surface area contributed by atoms with Crippen molar-refractivity contribution in [3.63, 3.8) is 0 Å². The van der Waals surface area contributed by atoms with E-state index in [-0.39, 0.29) is 22.9 Å². The van der Waals surface area contributed by atoms with Gasteiger partial charge in [0.25, 0.3) is 0 Å². The van der Waals surface area contributed by atoms with Crippen LogP contribution in [0.2, 0.25) is 5.02 Å². The van der Waals surface area contributed by atoms with E-state index in [4.69, 9.17) is 16.3 Å². The molecule has 0 unspecified atom stereocenters. The van der Waals surface area contributed by atoms with Crippen molar-refractivity contribution in [2.45, 2.75) is 32.6 Å². The number of nitrogens with one attached hydrogen (secondary N) is 2. The van der Waals surface area contributed by atoms with Crippen LogP contribution in [-0.2, 0) is 9.59 Å². The number of allylic oxidation sites excluding steroid dienone is 3. The Morgan fingerprint density at radius 3 is 2.66 bits per heavy atom. The van der Waals surface area contributed by atoms with Crippen LogP contribution in [0.5, 0.6) is 5.75 Å². The third-order valence-corrected chi connectivity index (χ3v) is 7.28. The first kappa shape index (κ1) is 24.9. The zero-order valence-electron chi connectivity index (χ0n) is 19.8. The Labute approximate surface area is 214 Å². The Morgan fingerprint density at radius 1 is 1.26 bits per heavy atom. The summed E-state index contributed by atoms with van der Waals surface area (Å²) >= 11 is 7.26. The van der Waals surface area contributed by atoms with Crippen LogP contribution in [-0.4, -0.2) is 24.6 Å². The van der Waals surface area contributed by atoms with Crippen molar-refractivity contribution >= 4 is 40.7 Å². The molecule has 2 aromatic rings. The second-order valence-corrected chi connectivity index (χ2v) is 10.8. The summed E-state index contributed by atoms with van der Waals surface area (Å²) in [5.74, 6) is 0.117. The fourth-order valence-electron chi connectivity index (χ4n) is 4.52. The van der Waals surface area contributed by atoms with Crippen molar-refractivity contribution < 1.29 is 14.3 Å². The number of hydrogen-bond acceptors (Lipinski definition) is 6. The topological polar surface area (TPSA) is 91.2 Å². The van der Waals surface area contributed by atoms with Gasteiger partial charge in [-0.15, -0.1) is 0 Å². The number of benzene rings is 2. The van der Waals surface area contributed by atoms with Crippen molar-refractivity contribution in [1.29, 1.82) is 5.26 Å². The monoisotopic (exact) mass is 507 g/mol. The molecule has 6 nitrogen and oxygen atoms in total. The number of halogens is 1. The van der Waals surface area contributed by atoms with E-state index in [1.807, 2.05) is 24.3 Å². The predicted molar refractivity (Wildman–Crippen MR) is 139 cm³/mol. The lowest BCUT2D eigenvalue weighted by atomic mass is 9.69. The summed E-state index contributed by atoms with van der Waals surface area (Å²) < 4.78 is 5.28. The van der Waals surface area contributed by atoms with E-state index in [9.17, 15) is 14.9 Å². The van der Waals surface area contributed by atoms with Crippen molar-refractivity contribution in [2.24, 2.45) is 5.41 Å². The maximum atomic E-state index is 13.3. The molecule has 0 fully saturated rings. The lowest BCUT2D eigenvalue weighted by Gasteiger charge is -2.39. The fourth-order valence-corrected chi connectivity index (χ4v) is 5.57. The zero-order chi connectivity index (χ0) is 25.2. The molecular formula is C27H26ClN3O3S. The number of nitriles is 1. The van der Waals surface area contributed by atoms with Gasteiger partial charge in [0.05, 0.1) is 35.5 Å². The molecule has 0 spiro atoms. The zero-order valence-corrected chi connectivity index (χ0v) is 21.3. The number of anilines is 1. The molecule has 1 aliphatic heterocycles. The summed E-state index contributed by atoms with van der Waals surface area (Å²) in [5, 5.41) is 17.5. The molecule has 1 amide bonds. The van der Waals surface area contributed by atoms with Crippen LogP contribution < -0.4 is 15.4 Å². The van der Waals surface area contributed by atoms with E-state index in [1.165, 1.54) is 11.8 Å². The number of Topliss-reactive ketones (excluding diaryl/α,β-unsaturated/α-hetero) is 1. The quantitative estimate of drug-likeness (QED) is 0.514. The van der Waals surface area contributed by atoms with Crippen LogP contribution in [0, 0.1) is 16.7 Å². The van der Waals surface area contributed by atoms with Gasteiger partial charge in [-0.1, -0.05) is 55.4 Å². The van der Waals surface area contributed by atoms with Crippen LogP contribution in [0.15, 0.2) is 70.4 Å². The van der Waals surface area contributed by atoms with E-state index in [0.717, 1.165) is 11.3 Å². The lowest BCUT2D eigenvalue weighted by molar-refractivity contribution is -0.118. The van der Waals surface area contributed by atoms with E-state index in [2.05, 4.69) is 30.6 Å². The minimum absolute atomic E-state index is 0.0417. The Morgan fingerprint density at radius 2 is 2.00 bits per heavy atom. The molecule has 2 aliphatic rings. The highest BCUT2D eigenvalue weighted by atomic mass is 35.5. The molecule has 2 aromatic carbocycles. The van der Waals surface area contributed by atoms with Crippen molar-refractivity contribution in [2.75, 3.05) is 18.2 Å². The highest BCUT2D eigenvalue weighted by Crippen LogP contribution is 2.48. The molecule has 2 N–H and O–H groups in total. The molecule has 0 saturated carbocycles. The first-order valence-electron chi connectivity index (χ1n) is 11.2. The first-order valence-corrected chi connectivity index (χ1v) is 12.6. The Hall–Kier alpha value is -3.21. The molecule has 35 heavy (non-hydrogen) atoms. The largest absolute Gasteiger partial charge is 0.497 e. The van der Waals surface area contributed by atoms with E-state index in [0.29, 0.717) is 45.5 Å². The number of carbonyl (C=O) groups excluding carboxylic acids is 2. The second kappa shape index (κ2) is 10.2. The number of rotatable bonds is 6. The van der Waals surface area contributed by atoms with Gasteiger partial charge in [-0.2, -0.15) is 5.26 Å². The average molecular weight is 508 g/mol. The van der Waals surface area contributed by atoms with Crippen molar-refractivity contribution in [3.8, 4) is 11.8 Å². The molecule has 4 rings (SSSR count). The predicted octanol–water partition coefficient (Wildman–Crippen LogP) is 5.79. The van der Waals surface area contributed by atoms with Crippen LogP contribution in [0.4, 0.5) is 5.69 Å². The molecule has 0 bridgehead atoms. The number of carbonyl (C=O) groups is 2. The molecular weight excluding hydrogens is 482 g/mol. The van der Waals surface area contributed by atoms with Gasteiger partial charge in [0.15, 0.2) is 5.78 Å².